The number of fused-ring (bicyclic) bond motifs is 5. The predicted molar refractivity (Wildman–Crippen MR) is 247 cm³/mol. The zero-order valence-electron chi connectivity index (χ0n) is 39.1. The molecule has 0 spiro atoms. The summed E-state index contributed by atoms with van der Waals surface area (Å²) in [6.07, 6.45) is 37.9. The Hall–Kier alpha value is -0.280. The zero-order chi connectivity index (χ0) is 41.5. The molecule has 4 fully saturated rings. The predicted octanol–water partition coefficient (Wildman–Crippen LogP) is 11.3. The summed E-state index contributed by atoms with van der Waals surface area (Å²) >= 11 is 0. The van der Waals surface area contributed by atoms with Gasteiger partial charge in [-0.2, -0.15) is 0 Å². The van der Waals surface area contributed by atoms with E-state index in [1.807, 2.05) is 0 Å². The third-order valence-electron chi connectivity index (χ3n) is 16.7. The summed E-state index contributed by atoms with van der Waals surface area (Å²) in [5.74, 6) is 3.91. The molecule has 4 saturated carbocycles. The maximum absolute atomic E-state index is 7.08. The van der Waals surface area contributed by atoms with Gasteiger partial charge in [-0.3, -0.25) is 0 Å². The molecule has 0 aromatic rings. The molecule has 0 aliphatic heterocycles. The highest BCUT2D eigenvalue weighted by Crippen LogP contribution is 2.69. The van der Waals surface area contributed by atoms with Crippen LogP contribution in [0.25, 0.3) is 0 Å². The number of hydrogen-bond donors (Lipinski definition) is 4. The average molecular weight is 817 g/mol. The minimum absolute atomic E-state index is 0.178. The minimum atomic E-state index is 0.178. The molecule has 0 unspecified atom stereocenters. The summed E-state index contributed by atoms with van der Waals surface area (Å²) in [5.41, 5.74) is 18.4. The molecular weight excluding hydrogens is 717 g/mol. The average Bonchev–Trinajstić information content (AvgIpc) is 3.58. The van der Waals surface area contributed by atoms with Crippen LogP contribution in [0.2, 0.25) is 0 Å². The Bertz CT molecular complexity index is 1030. The van der Waals surface area contributed by atoms with Gasteiger partial charge in [-0.25, -0.2) is 0 Å². The summed E-state index contributed by atoms with van der Waals surface area (Å²) in [4.78, 5) is 0. The van der Waals surface area contributed by atoms with Crippen molar-refractivity contribution in [1.82, 2.24) is 5.32 Å². The van der Waals surface area contributed by atoms with Crippen molar-refractivity contribution in [2.24, 2.45) is 63.5 Å². The topological polar surface area (TPSA) is 118 Å². The summed E-state index contributed by atoms with van der Waals surface area (Å²) in [6.45, 7) is 17.0. The van der Waals surface area contributed by atoms with Crippen molar-refractivity contribution in [1.29, 1.82) is 0 Å². The normalized spacial score (nSPS) is 32.5. The smallest absolute Gasteiger partial charge is 0.0637 e. The van der Waals surface area contributed by atoms with Crippen molar-refractivity contribution in [3.8, 4) is 0 Å². The third-order valence-corrected chi connectivity index (χ3v) is 16.7. The largest absolute Gasteiger partial charge is 0.378 e. The number of nitrogens with one attached hydrogen (secondary N) is 1. The first-order valence-corrected chi connectivity index (χ1v) is 26.0. The van der Waals surface area contributed by atoms with Gasteiger partial charge in [0.15, 0.2) is 0 Å². The van der Waals surface area contributed by atoms with E-state index >= 15 is 0 Å². The molecule has 0 radical (unpaired) electrons. The van der Waals surface area contributed by atoms with Gasteiger partial charge in [0.2, 0.25) is 0 Å². The number of ether oxygens (including phenoxy) is 3. The molecule has 7 heteroatoms. The van der Waals surface area contributed by atoms with Gasteiger partial charge in [0.1, 0.15) is 0 Å². The lowest BCUT2D eigenvalue weighted by molar-refractivity contribution is -0.227. The summed E-state index contributed by atoms with van der Waals surface area (Å²) in [6, 6.07) is 0. The Kier molecular flexibility index (Phi) is 24.7. The second-order valence-electron chi connectivity index (χ2n) is 20.6. The summed E-state index contributed by atoms with van der Waals surface area (Å²) in [7, 11) is 0. The van der Waals surface area contributed by atoms with Crippen molar-refractivity contribution >= 4 is 0 Å². The van der Waals surface area contributed by atoms with Crippen LogP contribution in [0, 0.1) is 46.3 Å². The Labute approximate surface area is 360 Å². The van der Waals surface area contributed by atoms with Gasteiger partial charge in [0, 0.05) is 25.2 Å². The lowest BCUT2D eigenvalue weighted by atomic mass is 9.43. The van der Waals surface area contributed by atoms with Crippen LogP contribution in [0.15, 0.2) is 0 Å². The van der Waals surface area contributed by atoms with Gasteiger partial charge >= 0.3 is 0 Å². The van der Waals surface area contributed by atoms with Gasteiger partial charge in [0.25, 0.3) is 0 Å². The number of nitrogens with two attached hydrogens (primary N) is 3. The van der Waals surface area contributed by atoms with Crippen LogP contribution in [-0.2, 0) is 14.2 Å². The van der Waals surface area contributed by atoms with Crippen LogP contribution in [0.3, 0.4) is 0 Å². The fourth-order valence-corrected chi connectivity index (χ4v) is 13.3. The standard InChI is InChI=1S/C51H100N4O3/c1-5-6-7-8-9-10-11-12-13-14-15-16-17-18-19-20-33-55-34-21-25-41(2)44-26-27-45-49-46(40-48(51(44,45)4)58-37-24-32-54)50(3)29-28-43(56-35-22-30-52)38-42(50)39-47(49)57-36-23-31-53/h41-49,55H,5-40,52-54H2,1-4H3/t41-,42+,43-,44-,45+,46+,47-,48+,49+,50+,51-/m1/s1. The summed E-state index contributed by atoms with van der Waals surface area (Å²) < 4.78 is 20.5. The highest BCUT2D eigenvalue weighted by molar-refractivity contribution is 5.15. The van der Waals surface area contributed by atoms with E-state index in [2.05, 4.69) is 33.0 Å². The maximum Gasteiger partial charge on any atom is 0.0637 e. The molecule has 7 N–H and O–H groups in total. The van der Waals surface area contributed by atoms with E-state index in [0.717, 1.165) is 52.0 Å². The number of rotatable bonds is 34. The van der Waals surface area contributed by atoms with Crippen molar-refractivity contribution in [2.75, 3.05) is 52.5 Å². The Morgan fingerprint density at radius 2 is 1.14 bits per heavy atom. The first kappa shape index (κ1) is 50.4. The molecule has 0 amide bonds. The Balaban J connectivity index is 1.22. The van der Waals surface area contributed by atoms with E-state index in [1.165, 1.54) is 161 Å². The molecule has 0 aromatic heterocycles. The Morgan fingerprint density at radius 3 is 1.74 bits per heavy atom. The van der Waals surface area contributed by atoms with Crippen LogP contribution in [-0.4, -0.2) is 70.9 Å². The number of hydrogen-bond acceptors (Lipinski definition) is 7. The zero-order valence-corrected chi connectivity index (χ0v) is 39.1. The molecule has 4 aliphatic carbocycles. The van der Waals surface area contributed by atoms with Gasteiger partial charge in [0.05, 0.1) is 18.3 Å². The minimum Gasteiger partial charge on any atom is -0.378 e. The molecular formula is C51H100N4O3. The van der Waals surface area contributed by atoms with Crippen LogP contribution < -0.4 is 22.5 Å². The van der Waals surface area contributed by atoms with Crippen LogP contribution in [0.4, 0.5) is 0 Å². The van der Waals surface area contributed by atoms with Crippen molar-refractivity contribution in [3.63, 3.8) is 0 Å². The second kappa shape index (κ2) is 28.4. The van der Waals surface area contributed by atoms with E-state index < -0.39 is 0 Å². The van der Waals surface area contributed by atoms with Crippen molar-refractivity contribution < 1.29 is 14.2 Å². The molecule has 7 nitrogen and oxygen atoms in total. The quantitative estimate of drug-likeness (QED) is 0.0478. The molecule has 0 bridgehead atoms. The van der Waals surface area contributed by atoms with E-state index in [0.29, 0.717) is 78.9 Å². The van der Waals surface area contributed by atoms with Crippen LogP contribution >= 0.6 is 0 Å². The van der Waals surface area contributed by atoms with Crippen LogP contribution in [0.5, 0.6) is 0 Å². The molecule has 4 rings (SSSR count). The fourth-order valence-electron chi connectivity index (χ4n) is 13.3. The highest BCUT2D eigenvalue weighted by Gasteiger charge is 2.66. The summed E-state index contributed by atoms with van der Waals surface area (Å²) in [5, 5.41) is 3.83. The van der Waals surface area contributed by atoms with Crippen LogP contribution in [0.1, 0.15) is 207 Å². The fraction of sp³-hybridized carbons (Fsp3) is 1.00. The molecule has 0 saturated heterocycles. The van der Waals surface area contributed by atoms with E-state index in [1.54, 1.807) is 0 Å². The van der Waals surface area contributed by atoms with Gasteiger partial charge in [-0.1, -0.05) is 124 Å². The van der Waals surface area contributed by atoms with E-state index in [-0.39, 0.29) is 5.41 Å². The molecule has 342 valence electrons. The van der Waals surface area contributed by atoms with E-state index in [4.69, 9.17) is 31.4 Å². The first-order chi connectivity index (χ1) is 28.3. The number of unbranched alkanes of at least 4 members (excludes halogenated alkanes) is 15. The Morgan fingerprint density at radius 1 is 0.586 bits per heavy atom. The molecule has 11 atom stereocenters. The molecule has 4 aliphatic rings. The molecule has 58 heavy (non-hydrogen) atoms. The van der Waals surface area contributed by atoms with Gasteiger partial charge < -0.3 is 36.7 Å². The monoisotopic (exact) mass is 817 g/mol. The second-order valence-corrected chi connectivity index (χ2v) is 20.6. The maximum atomic E-state index is 7.08. The first-order valence-electron chi connectivity index (χ1n) is 26.0. The van der Waals surface area contributed by atoms with E-state index in [9.17, 15) is 0 Å². The van der Waals surface area contributed by atoms with Crippen molar-refractivity contribution in [3.05, 3.63) is 0 Å². The SMILES string of the molecule is CCCCCCCCCCCCCCCCCCNCCC[C@@H](C)[C@H]1CC[C@H]2[C@@H]3[C@H](OCCCN)C[C@@H]4C[C@H](OCCCN)CC[C@]4(C)[C@H]3C[C@H](OCCCN)[C@]12C. The molecule has 0 heterocycles. The van der Waals surface area contributed by atoms with Gasteiger partial charge in [-0.15, -0.1) is 0 Å². The lowest BCUT2D eigenvalue weighted by Gasteiger charge is -2.65. The lowest BCUT2D eigenvalue weighted by Crippen LogP contribution is -2.63. The highest BCUT2D eigenvalue weighted by atomic mass is 16.5. The third kappa shape index (κ3) is 14.9. The van der Waals surface area contributed by atoms with Gasteiger partial charge in [-0.05, 0) is 157 Å². The van der Waals surface area contributed by atoms with Crippen molar-refractivity contribution in [2.45, 2.75) is 226 Å². The molecule has 0 aromatic carbocycles.